The number of hydrogen-bond donors (Lipinski definition) is 0. The zero-order valence-corrected chi connectivity index (χ0v) is 10.8. The molecule has 0 spiro atoms. The van der Waals surface area contributed by atoms with E-state index in [4.69, 9.17) is 0 Å². The molecule has 1 atom stereocenters. The molecule has 0 heterocycles. The summed E-state index contributed by atoms with van der Waals surface area (Å²) in [6, 6.07) is 8.70. The molecule has 0 aliphatic rings. The zero-order valence-electron chi connectivity index (χ0n) is 9.26. The molecule has 1 aromatic rings. The molecule has 1 heteroatoms. The molecule has 1 unspecified atom stereocenters. The fraction of sp³-hybridized carbons (Fsp3) is 0.538. The highest BCUT2D eigenvalue weighted by Gasteiger charge is 2.11. The fourth-order valence-corrected chi connectivity index (χ4v) is 2.28. The highest BCUT2D eigenvalue weighted by atomic mass is 79.9. The van der Waals surface area contributed by atoms with Crippen LogP contribution in [0.1, 0.15) is 45.1 Å². The monoisotopic (exact) mass is 254 g/mol. The van der Waals surface area contributed by atoms with E-state index >= 15 is 0 Å². The molecule has 1 rings (SSSR count). The minimum atomic E-state index is 0.715. The van der Waals surface area contributed by atoms with Gasteiger partial charge in [-0.05, 0) is 42.4 Å². The highest BCUT2D eigenvalue weighted by molar-refractivity contribution is 9.10. The van der Waals surface area contributed by atoms with Crippen molar-refractivity contribution in [1.29, 1.82) is 0 Å². The van der Waals surface area contributed by atoms with E-state index in [1.165, 1.54) is 22.9 Å². The van der Waals surface area contributed by atoms with E-state index in [0.29, 0.717) is 5.92 Å². The third-order valence-electron chi connectivity index (χ3n) is 2.57. The van der Waals surface area contributed by atoms with E-state index in [1.807, 2.05) is 0 Å². The summed E-state index contributed by atoms with van der Waals surface area (Å²) in [5, 5.41) is 0. The lowest BCUT2D eigenvalue weighted by Crippen LogP contribution is -2.01. The van der Waals surface area contributed by atoms with Crippen LogP contribution in [0.2, 0.25) is 0 Å². The Kier molecular flexibility index (Phi) is 4.67. The molecule has 0 aliphatic carbocycles. The Morgan fingerprint density at radius 3 is 2.50 bits per heavy atom. The lowest BCUT2D eigenvalue weighted by Gasteiger charge is -2.17. The molecule has 0 saturated heterocycles. The number of hydrogen-bond acceptors (Lipinski definition) is 0. The summed E-state index contributed by atoms with van der Waals surface area (Å²) in [4.78, 5) is 0. The van der Waals surface area contributed by atoms with E-state index < -0.39 is 0 Å². The summed E-state index contributed by atoms with van der Waals surface area (Å²) in [6.07, 6.45) is 2.52. The van der Waals surface area contributed by atoms with Gasteiger partial charge >= 0.3 is 0 Å². The predicted molar refractivity (Wildman–Crippen MR) is 66.6 cm³/mol. The van der Waals surface area contributed by atoms with E-state index in [2.05, 4.69) is 61.0 Å². The molecule has 0 nitrogen and oxygen atoms in total. The predicted octanol–water partition coefficient (Wildman–Crippen LogP) is 4.99. The Balaban J connectivity index is 2.78. The molecule has 0 bridgehead atoms. The molecule has 0 fully saturated rings. The second-order valence-corrected chi connectivity index (χ2v) is 5.21. The summed E-state index contributed by atoms with van der Waals surface area (Å²) in [6.45, 7) is 6.86. The van der Waals surface area contributed by atoms with E-state index in [9.17, 15) is 0 Å². The SMILES string of the molecule is CCC(CC(C)C)c1cccc(Br)c1. The van der Waals surface area contributed by atoms with Crippen LogP contribution in [-0.4, -0.2) is 0 Å². The smallest absolute Gasteiger partial charge is 0.0178 e. The van der Waals surface area contributed by atoms with Crippen LogP contribution in [0, 0.1) is 5.92 Å². The third-order valence-corrected chi connectivity index (χ3v) is 3.06. The number of benzene rings is 1. The first-order valence-electron chi connectivity index (χ1n) is 5.39. The van der Waals surface area contributed by atoms with Gasteiger partial charge in [-0.1, -0.05) is 48.8 Å². The fourth-order valence-electron chi connectivity index (χ4n) is 1.87. The topological polar surface area (TPSA) is 0 Å². The Labute approximate surface area is 95.9 Å². The van der Waals surface area contributed by atoms with Crippen molar-refractivity contribution in [3.05, 3.63) is 34.3 Å². The molecule has 0 amide bonds. The van der Waals surface area contributed by atoms with Crippen molar-refractivity contribution < 1.29 is 0 Å². The maximum Gasteiger partial charge on any atom is 0.0178 e. The van der Waals surface area contributed by atoms with Gasteiger partial charge in [0.15, 0.2) is 0 Å². The molecular formula is C13H19Br. The first kappa shape index (κ1) is 11.8. The molecular weight excluding hydrogens is 236 g/mol. The molecule has 0 saturated carbocycles. The van der Waals surface area contributed by atoms with E-state index in [0.717, 1.165) is 5.92 Å². The van der Waals surface area contributed by atoms with Gasteiger partial charge < -0.3 is 0 Å². The standard InChI is InChI=1S/C13H19Br/c1-4-11(8-10(2)3)12-6-5-7-13(14)9-12/h5-7,9-11H,4,8H2,1-3H3. The number of rotatable bonds is 4. The lowest BCUT2D eigenvalue weighted by molar-refractivity contribution is 0.489. The van der Waals surface area contributed by atoms with Gasteiger partial charge in [-0.15, -0.1) is 0 Å². The summed E-state index contributed by atoms with van der Waals surface area (Å²) in [5.41, 5.74) is 1.47. The van der Waals surface area contributed by atoms with Crippen molar-refractivity contribution in [2.24, 2.45) is 5.92 Å². The Bertz CT molecular complexity index is 278. The first-order valence-corrected chi connectivity index (χ1v) is 6.18. The van der Waals surface area contributed by atoms with Crippen LogP contribution >= 0.6 is 15.9 Å². The van der Waals surface area contributed by atoms with Crippen molar-refractivity contribution in [3.63, 3.8) is 0 Å². The Hall–Kier alpha value is -0.300. The molecule has 1 aromatic carbocycles. The molecule has 0 radical (unpaired) electrons. The molecule has 78 valence electrons. The maximum atomic E-state index is 3.53. The minimum Gasteiger partial charge on any atom is -0.0648 e. The third kappa shape index (κ3) is 3.45. The van der Waals surface area contributed by atoms with Crippen LogP contribution in [0.15, 0.2) is 28.7 Å². The van der Waals surface area contributed by atoms with E-state index in [1.54, 1.807) is 0 Å². The highest BCUT2D eigenvalue weighted by Crippen LogP contribution is 2.28. The second-order valence-electron chi connectivity index (χ2n) is 4.29. The quantitative estimate of drug-likeness (QED) is 0.711. The molecule has 0 aromatic heterocycles. The van der Waals surface area contributed by atoms with E-state index in [-0.39, 0.29) is 0 Å². The van der Waals surface area contributed by atoms with Crippen molar-refractivity contribution in [3.8, 4) is 0 Å². The largest absolute Gasteiger partial charge is 0.0648 e. The maximum absolute atomic E-state index is 3.53. The summed E-state index contributed by atoms with van der Waals surface area (Å²) < 4.78 is 1.19. The minimum absolute atomic E-state index is 0.715. The van der Waals surface area contributed by atoms with Gasteiger partial charge in [0.05, 0.1) is 0 Å². The van der Waals surface area contributed by atoms with Crippen LogP contribution in [0.4, 0.5) is 0 Å². The van der Waals surface area contributed by atoms with Crippen molar-refractivity contribution in [2.75, 3.05) is 0 Å². The van der Waals surface area contributed by atoms with Crippen LogP contribution in [0.3, 0.4) is 0 Å². The average Bonchev–Trinajstić information content (AvgIpc) is 2.14. The summed E-state index contributed by atoms with van der Waals surface area (Å²) in [7, 11) is 0. The van der Waals surface area contributed by atoms with Gasteiger partial charge in [-0.3, -0.25) is 0 Å². The van der Waals surface area contributed by atoms with Gasteiger partial charge in [0.2, 0.25) is 0 Å². The van der Waals surface area contributed by atoms with Crippen LogP contribution < -0.4 is 0 Å². The second kappa shape index (κ2) is 5.55. The van der Waals surface area contributed by atoms with Gasteiger partial charge in [-0.2, -0.15) is 0 Å². The van der Waals surface area contributed by atoms with Crippen LogP contribution in [-0.2, 0) is 0 Å². The summed E-state index contributed by atoms with van der Waals surface area (Å²) in [5.74, 6) is 1.49. The Morgan fingerprint density at radius 2 is 2.00 bits per heavy atom. The van der Waals surface area contributed by atoms with Crippen LogP contribution in [0.25, 0.3) is 0 Å². The first-order chi connectivity index (χ1) is 6.63. The van der Waals surface area contributed by atoms with Crippen molar-refractivity contribution in [1.82, 2.24) is 0 Å². The zero-order chi connectivity index (χ0) is 10.6. The van der Waals surface area contributed by atoms with Gasteiger partial charge in [0.1, 0.15) is 0 Å². The molecule has 0 N–H and O–H groups in total. The van der Waals surface area contributed by atoms with Crippen LogP contribution in [0.5, 0.6) is 0 Å². The molecule has 14 heavy (non-hydrogen) atoms. The van der Waals surface area contributed by atoms with Gasteiger partial charge in [0.25, 0.3) is 0 Å². The Morgan fingerprint density at radius 1 is 1.29 bits per heavy atom. The number of halogens is 1. The van der Waals surface area contributed by atoms with Gasteiger partial charge in [0, 0.05) is 4.47 Å². The lowest BCUT2D eigenvalue weighted by atomic mass is 9.88. The summed E-state index contributed by atoms with van der Waals surface area (Å²) >= 11 is 3.53. The van der Waals surface area contributed by atoms with Gasteiger partial charge in [-0.25, -0.2) is 0 Å². The normalized spacial score (nSPS) is 13.2. The van der Waals surface area contributed by atoms with Crippen molar-refractivity contribution in [2.45, 2.75) is 39.5 Å². The molecule has 0 aliphatic heterocycles. The average molecular weight is 255 g/mol. The van der Waals surface area contributed by atoms with Crippen molar-refractivity contribution >= 4 is 15.9 Å².